The van der Waals surface area contributed by atoms with Crippen LogP contribution in [0.15, 0.2) is 52.9 Å². The van der Waals surface area contributed by atoms with Gasteiger partial charge in [0.2, 0.25) is 5.89 Å². The van der Waals surface area contributed by atoms with Crippen LogP contribution in [0.2, 0.25) is 0 Å². The van der Waals surface area contributed by atoms with Gasteiger partial charge < -0.3 is 24.5 Å². The predicted molar refractivity (Wildman–Crippen MR) is 123 cm³/mol. The van der Waals surface area contributed by atoms with E-state index in [4.69, 9.17) is 9.15 Å². The summed E-state index contributed by atoms with van der Waals surface area (Å²) < 4.78 is 11.2. The Kier molecular flexibility index (Phi) is 6.48. The zero-order chi connectivity index (χ0) is 22.6. The molecule has 0 unspecified atom stereocenters. The fraction of sp³-hybridized carbons (Fsp3) is 0.400. The van der Waals surface area contributed by atoms with Crippen molar-refractivity contribution in [1.29, 1.82) is 0 Å². The van der Waals surface area contributed by atoms with Crippen molar-refractivity contribution in [2.45, 2.75) is 38.0 Å². The summed E-state index contributed by atoms with van der Waals surface area (Å²) in [5.41, 5.74) is 3.92. The van der Waals surface area contributed by atoms with Gasteiger partial charge >= 0.3 is 6.01 Å². The molecule has 2 atom stereocenters. The first-order valence-electron chi connectivity index (χ1n) is 11.5. The SMILES string of the molecule is O=C(CC[C@@H](O)[C@@H]1Cc2ccccc2CN1)c1ccc(-c2nnc(N3CCOCC3)o2)cc1. The van der Waals surface area contributed by atoms with E-state index in [1.54, 1.807) is 12.1 Å². The Hall–Kier alpha value is -3.07. The highest BCUT2D eigenvalue weighted by Gasteiger charge is 2.25. The third-order valence-corrected chi connectivity index (χ3v) is 6.39. The smallest absolute Gasteiger partial charge is 0.318 e. The molecule has 5 rings (SSSR count). The number of rotatable bonds is 7. The summed E-state index contributed by atoms with van der Waals surface area (Å²) in [6, 6.07) is 15.9. The van der Waals surface area contributed by atoms with Crippen molar-refractivity contribution in [2.24, 2.45) is 0 Å². The Bertz CT molecular complexity index is 1090. The molecule has 0 aliphatic carbocycles. The van der Waals surface area contributed by atoms with E-state index in [-0.39, 0.29) is 11.8 Å². The number of carbonyl (C=O) groups excluding carboxylic acids is 1. The van der Waals surface area contributed by atoms with Gasteiger partial charge in [-0.3, -0.25) is 4.79 Å². The maximum atomic E-state index is 12.7. The number of nitrogens with zero attached hydrogens (tertiary/aromatic N) is 3. The number of Topliss-reactive ketones (excluding diaryl/α,β-unsaturated/α-hetero) is 1. The lowest BCUT2D eigenvalue weighted by atomic mass is 9.90. The van der Waals surface area contributed by atoms with Crippen LogP contribution in [0.5, 0.6) is 0 Å². The molecule has 33 heavy (non-hydrogen) atoms. The fourth-order valence-electron chi connectivity index (χ4n) is 4.39. The maximum Gasteiger partial charge on any atom is 0.318 e. The number of aromatic nitrogens is 2. The lowest BCUT2D eigenvalue weighted by Crippen LogP contribution is -2.44. The fourth-order valence-corrected chi connectivity index (χ4v) is 4.39. The molecule has 8 heteroatoms. The maximum absolute atomic E-state index is 12.7. The molecule has 2 aromatic carbocycles. The number of aliphatic hydroxyl groups excluding tert-OH is 1. The summed E-state index contributed by atoms with van der Waals surface area (Å²) in [5.74, 6) is 0.436. The lowest BCUT2D eigenvalue weighted by Gasteiger charge is -2.29. The van der Waals surface area contributed by atoms with E-state index in [1.165, 1.54) is 11.1 Å². The molecule has 3 aromatic rings. The number of ether oxygens (including phenoxy) is 1. The number of morpholine rings is 1. The van der Waals surface area contributed by atoms with Crippen molar-refractivity contribution in [3.8, 4) is 11.5 Å². The minimum absolute atomic E-state index is 0.0105. The van der Waals surface area contributed by atoms with Gasteiger partial charge in [0.15, 0.2) is 5.78 Å². The standard InChI is InChI=1S/C25H28N4O4/c30-22(9-10-23(31)21-15-19-3-1-2-4-20(19)16-26-21)17-5-7-18(8-6-17)24-27-28-25(33-24)29-11-13-32-14-12-29/h1-8,21,23,26,31H,9-16H2/t21-,23+/m0/s1. The molecule has 172 valence electrons. The topological polar surface area (TPSA) is 101 Å². The Morgan fingerprint density at radius 2 is 1.85 bits per heavy atom. The first-order chi connectivity index (χ1) is 16.2. The molecular weight excluding hydrogens is 420 g/mol. The first kappa shape index (κ1) is 21.8. The third kappa shape index (κ3) is 4.98. The predicted octanol–water partition coefficient (Wildman–Crippen LogP) is 2.61. The summed E-state index contributed by atoms with van der Waals surface area (Å²) in [4.78, 5) is 14.7. The summed E-state index contributed by atoms with van der Waals surface area (Å²) in [6.45, 7) is 3.49. The van der Waals surface area contributed by atoms with Crippen LogP contribution in [-0.2, 0) is 17.7 Å². The van der Waals surface area contributed by atoms with Gasteiger partial charge in [0.25, 0.3) is 0 Å². The van der Waals surface area contributed by atoms with E-state index in [1.807, 2.05) is 29.2 Å². The molecule has 3 heterocycles. The van der Waals surface area contributed by atoms with E-state index in [0.717, 1.165) is 31.6 Å². The van der Waals surface area contributed by atoms with Crippen LogP contribution in [-0.4, -0.2) is 59.5 Å². The largest absolute Gasteiger partial charge is 0.403 e. The van der Waals surface area contributed by atoms with Gasteiger partial charge in [-0.15, -0.1) is 5.10 Å². The first-order valence-corrected chi connectivity index (χ1v) is 11.5. The second-order valence-electron chi connectivity index (χ2n) is 8.56. The molecule has 0 radical (unpaired) electrons. The molecular formula is C25H28N4O4. The molecule has 1 aromatic heterocycles. The third-order valence-electron chi connectivity index (χ3n) is 6.39. The van der Waals surface area contributed by atoms with E-state index in [2.05, 4.69) is 27.6 Å². The second kappa shape index (κ2) is 9.82. The lowest BCUT2D eigenvalue weighted by molar-refractivity contribution is 0.0877. The van der Waals surface area contributed by atoms with E-state index in [0.29, 0.717) is 43.5 Å². The van der Waals surface area contributed by atoms with Crippen molar-refractivity contribution >= 4 is 11.8 Å². The minimum atomic E-state index is -0.571. The van der Waals surface area contributed by atoms with Gasteiger partial charge in [0, 0.05) is 43.2 Å². The van der Waals surface area contributed by atoms with Crippen LogP contribution in [0.1, 0.15) is 34.3 Å². The number of fused-ring (bicyclic) bond motifs is 1. The van der Waals surface area contributed by atoms with E-state index in [9.17, 15) is 9.90 Å². The highest BCUT2D eigenvalue weighted by Crippen LogP contribution is 2.24. The van der Waals surface area contributed by atoms with E-state index < -0.39 is 6.10 Å². The molecule has 1 fully saturated rings. The monoisotopic (exact) mass is 448 g/mol. The van der Waals surface area contributed by atoms with Crippen LogP contribution in [0.4, 0.5) is 6.01 Å². The Morgan fingerprint density at radius 3 is 2.64 bits per heavy atom. The number of hydrogen-bond donors (Lipinski definition) is 2. The molecule has 0 saturated carbocycles. The van der Waals surface area contributed by atoms with Crippen LogP contribution >= 0.6 is 0 Å². The molecule has 1 saturated heterocycles. The number of hydrogen-bond acceptors (Lipinski definition) is 8. The average Bonchev–Trinajstić information content (AvgIpc) is 3.38. The van der Waals surface area contributed by atoms with E-state index >= 15 is 0 Å². The molecule has 0 amide bonds. The van der Waals surface area contributed by atoms with Crippen LogP contribution < -0.4 is 10.2 Å². The zero-order valence-electron chi connectivity index (χ0n) is 18.4. The Balaban J connectivity index is 1.15. The van der Waals surface area contributed by atoms with Crippen molar-refractivity contribution in [3.05, 3.63) is 65.2 Å². The molecule has 0 bridgehead atoms. The molecule has 2 aliphatic rings. The molecule has 2 aliphatic heterocycles. The summed E-state index contributed by atoms with van der Waals surface area (Å²) >= 11 is 0. The molecule has 8 nitrogen and oxygen atoms in total. The van der Waals surface area contributed by atoms with Gasteiger partial charge in [-0.25, -0.2) is 0 Å². The number of carbonyl (C=O) groups is 1. The highest BCUT2D eigenvalue weighted by molar-refractivity contribution is 5.96. The zero-order valence-corrected chi connectivity index (χ0v) is 18.4. The van der Waals surface area contributed by atoms with Crippen molar-refractivity contribution in [1.82, 2.24) is 15.5 Å². The van der Waals surface area contributed by atoms with Crippen LogP contribution in [0.3, 0.4) is 0 Å². The highest BCUT2D eigenvalue weighted by atomic mass is 16.5. The normalized spacial score (nSPS) is 19.2. The number of ketones is 1. The Morgan fingerprint density at radius 1 is 1.09 bits per heavy atom. The van der Waals surface area contributed by atoms with Gasteiger partial charge in [-0.2, -0.15) is 0 Å². The average molecular weight is 449 g/mol. The van der Waals surface area contributed by atoms with Gasteiger partial charge in [-0.05, 0) is 36.1 Å². The van der Waals surface area contributed by atoms with Crippen LogP contribution in [0, 0.1) is 0 Å². The van der Waals surface area contributed by atoms with Crippen LogP contribution in [0.25, 0.3) is 11.5 Å². The summed E-state index contributed by atoms with van der Waals surface area (Å²) in [5, 5.41) is 22.3. The van der Waals surface area contributed by atoms with Crippen molar-refractivity contribution in [3.63, 3.8) is 0 Å². The number of nitrogens with one attached hydrogen (secondary N) is 1. The molecule has 2 N–H and O–H groups in total. The number of aliphatic hydroxyl groups is 1. The van der Waals surface area contributed by atoms with Crippen molar-refractivity contribution < 1.29 is 19.1 Å². The summed E-state index contributed by atoms with van der Waals surface area (Å²) in [7, 11) is 0. The van der Waals surface area contributed by atoms with Gasteiger partial charge in [-0.1, -0.05) is 41.5 Å². The van der Waals surface area contributed by atoms with Crippen molar-refractivity contribution in [2.75, 3.05) is 31.2 Å². The Labute approximate surface area is 192 Å². The number of benzene rings is 2. The second-order valence-corrected chi connectivity index (χ2v) is 8.56. The number of anilines is 1. The summed E-state index contributed by atoms with van der Waals surface area (Å²) in [6.07, 6.45) is 0.921. The van der Waals surface area contributed by atoms with Gasteiger partial charge in [0.1, 0.15) is 0 Å². The quantitative estimate of drug-likeness (QED) is 0.532. The minimum Gasteiger partial charge on any atom is -0.403 e. The molecule has 0 spiro atoms. The van der Waals surface area contributed by atoms with Gasteiger partial charge in [0.05, 0.1) is 19.3 Å².